The van der Waals surface area contributed by atoms with Crippen LogP contribution in [-0.2, 0) is 16.6 Å². The Balaban J connectivity index is 2.44. The molecule has 0 aliphatic carbocycles. The van der Waals surface area contributed by atoms with Crippen LogP contribution in [0.2, 0.25) is 0 Å². The van der Waals surface area contributed by atoms with Gasteiger partial charge in [0.1, 0.15) is 5.82 Å². The van der Waals surface area contributed by atoms with E-state index in [9.17, 15) is 12.8 Å². The van der Waals surface area contributed by atoms with Gasteiger partial charge in [0.05, 0.1) is 10.6 Å². The molecule has 0 atom stereocenters. The van der Waals surface area contributed by atoms with Crippen LogP contribution in [0, 0.1) is 5.82 Å². The van der Waals surface area contributed by atoms with E-state index in [1.54, 1.807) is 31.3 Å². The Labute approximate surface area is 124 Å². The number of nitrogens with one attached hydrogen (secondary N) is 1. The summed E-state index contributed by atoms with van der Waals surface area (Å²) in [5, 5.41) is 2.95. The van der Waals surface area contributed by atoms with Gasteiger partial charge in [-0.1, -0.05) is 18.2 Å². The second-order valence-corrected chi connectivity index (χ2v) is 6.52. The maximum absolute atomic E-state index is 13.0. The lowest BCUT2D eigenvalue weighted by molar-refractivity contribution is 0.592. The van der Waals surface area contributed by atoms with E-state index >= 15 is 0 Å². The van der Waals surface area contributed by atoms with Crippen molar-refractivity contribution in [2.45, 2.75) is 11.4 Å². The molecule has 21 heavy (non-hydrogen) atoms. The third-order valence-corrected chi connectivity index (χ3v) is 5.05. The van der Waals surface area contributed by atoms with E-state index in [4.69, 9.17) is 0 Å². The third-order valence-electron chi connectivity index (χ3n) is 3.17. The van der Waals surface area contributed by atoms with E-state index in [0.717, 1.165) is 4.31 Å². The summed E-state index contributed by atoms with van der Waals surface area (Å²) >= 11 is 0. The zero-order valence-electron chi connectivity index (χ0n) is 11.9. The molecule has 0 spiro atoms. The molecule has 4 nitrogen and oxygen atoms in total. The van der Waals surface area contributed by atoms with Crippen molar-refractivity contribution in [2.24, 2.45) is 0 Å². The average molecular weight is 308 g/mol. The second kappa shape index (κ2) is 6.24. The highest BCUT2D eigenvalue weighted by molar-refractivity contribution is 7.92. The van der Waals surface area contributed by atoms with Gasteiger partial charge in [-0.3, -0.25) is 4.31 Å². The number of nitrogens with zero attached hydrogens (tertiary/aromatic N) is 1. The van der Waals surface area contributed by atoms with Crippen molar-refractivity contribution in [1.82, 2.24) is 5.32 Å². The van der Waals surface area contributed by atoms with E-state index in [2.05, 4.69) is 5.32 Å². The maximum atomic E-state index is 13.0. The van der Waals surface area contributed by atoms with Gasteiger partial charge in [-0.15, -0.1) is 0 Å². The minimum atomic E-state index is -3.69. The highest BCUT2D eigenvalue weighted by Gasteiger charge is 2.23. The number of sulfonamides is 1. The van der Waals surface area contributed by atoms with Crippen molar-refractivity contribution in [1.29, 1.82) is 0 Å². The molecular formula is C15H17FN2O2S. The minimum absolute atomic E-state index is 0.242. The summed E-state index contributed by atoms with van der Waals surface area (Å²) in [4.78, 5) is 0.242. The molecule has 2 rings (SSSR count). The molecule has 0 amide bonds. The number of benzene rings is 2. The zero-order valence-corrected chi connectivity index (χ0v) is 12.7. The Bertz CT molecular complexity index is 715. The summed E-state index contributed by atoms with van der Waals surface area (Å²) < 4.78 is 39.5. The van der Waals surface area contributed by atoms with Crippen molar-refractivity contribution in [3.63, 3.8) is 0 Å². The summed E-state index contributed by atoms with van der Waals surface area (Å²) in [6, 6.07) is 12.2. The van der Waals surface area contributed by atoms with Crippen LogP contribution in [0.15, 0.2) is 53.4 Å². The Morgan fingerprint density at radius 3 is 2.33 bits per heavy atom. The van der Waals surface area contributed by atoms with Crippen LogP contribution in [0.25, 0.3) is 0 Å². The third kappa shape index (κ3) is 3.22. The first-order chi connectivity index (χ1) is 9.96. The molecule has 0 saturated heterocycles. The van der Waals surface area contributed by atoms with Crippen LogP contribution in [0.4, 0.5) is 10.1 Å². The molecule has 0 aliphatic heterocycles. The second-order valence-electron chi connectivity index (χ2n) is 4.59. The maximum Gasteiger partial charge on any atom is 0.264 e. The molecule has 0 fully saturated rings. The monoisotopic (exact) mass is 308 g/mol. The van der Waals surface area contributed by atoms with E-state index in [1.807, 2.05) is 0 Å². The van der Waals surface area contributed by atoms with Gasteiger partial charge in [0.2, 0.25) is 0 Å². The quantitative estimate of drug-likeness (QED) is 0.922. The molecule has 0 aliphatic rings. The minimum Gasteiger partial charge on any atom is -0.316 e. The van der Waals surface area contributed by atoms with Crippen LogP contribution in [-0.4, -0.2) is 22.5 Å². The van der Waals surface area contributed by atoms with Crippen molar-refractivity contribution in [2.75, 3.05) is 18.4 Å². The smallest absolute Gasteiger partial charge is 0.264 e. The van der Waals surface area contributed by atoms with E-state index < -0.39 is 15.8 Å². The highest BCUT2D eigenvalue weighted by Crippen LogP contribution is 2.24. The van der Waals surface area contributed by atoms with E-state index in [-0.39, 0.29) is 4.90 Å². The topological polar surface area (TPSA) is 49.4 Å². The van der Waals surface area contributed by atoms with Crippen LogP contribution in [0.5, 0.6) is 0 Å². The van der Waals surface area contributed by atoms with Gasteiger partial charge >= 0.3 is 0 Å². The highest BCUT2D eigenvalue weighted by atomic mass is 32.2. The molecule has 0 aromatic heterocycles. The Morgan fingerprint density at radius 1 is 1.10 bits per heavy atom. The molecule has 0 unspecified atom stereocenters. The lowest BCUT2D eigenvalue weighted by atomic mass is 10.2. The number of halogens is 1. The van der Waals surface area contributed by atoms with Crippen molar-refractivity contribution in [3.8, 4) is 0 Å². The summed E-state index contributed by atoms with van der Waals surface area (Å²) in [5.41, 5.74) is 1.10. The first-order valence-electron chi connectivity index (χ1n) is 6.44. The molecule has 6 heteroatoms. The molecule has 1 N–H and O–H groups in total. The summed E-state index contributed by atoms with van der Waals surface area (Å²) in [6.07, 6.45) is 0. The largest absolute Gasteiger partial charge is 0.316 e. The Morgan fingerprint density at radius 2 is 1.71 bits per heavy atom. The normalized spacial score (nSPS) is 11.4. The lowest BCUT2D eigenvalue weighted by Gasteiger charge is -2.21. The fourth-order valence-electron chi connectivity index (χ4n) is 2.03. The summed E-state index contributed by atoms with van der Waals surface area (Å²) in [7, 11) is -0.473. The van der Waals surface area contributed by atoms with Crippen LogP contribution in [0.1, 0.15) is 5.56 Å². The lowest BCUT2D eigenvalue weighted by Crippen LogP contribution is -2.28. The summed E-state index contributed by atoms with van der Waals surface area (Å²) in [5.74, 6) is -0.403. The molecule has 0 heterocycles. The SMILES string of the molecule is CNCc1ccccc1S(=O)(=O)N(C)c1ccc(F)cc1. The zero-order chi connectivity index (χ0) is 15.5. The number of hydrogen-bond acceptors (Lipinski definition) is 3. The van der Waals surface area contributed by atoms with Gasteiger partial charge in [0.15, 0.2) is 0 Å². The standard InChI is InChI=1S/C15H17FN2O2S/c1-17-11-12-5-3-4-6-15(12)21(19,20)18(2)14-9-7-13(16)8-10-14/h3-10,17H,11H2,1-2H3. The van der Waals surface area contributed by atoms with Crippen LogP contribution in [0.3, 0.4) is 0 Å². The van der Waals surface area contributed by atoms with Gasteiger partial charge in [-0.05, 0) is 42.9 Å². The van der Waals surface area contributed by atoms with Gasteiger partial charge in [0.25, 0.3) is 10.0 Å². The summed E-state index contributed by atoms with van der Waals surface area (Å²) in [6.45, 7) is 0.451. The van der Waals surface area contributed by atoms with E-state index in [0.29, 0.717) is 17.8 Å². The molecule has 0 bridgehead atoms. The van der Waals surface area contributed by atoms with Crippen molar-refractivity contribution < 1.29 is 12.8 Å². The fourth-order valence-corrected chi connectivity index (χ4v) is 3.45. The van der Waals surface area contributed by atoms with Crippen LogP contribution < -0.4 is 9.62 Å². The van der Waals surface area contributed by atoms with Gasteiger partial charge in [-0.2, -0.15) is 0 Å². The van der Waals surface area contributed by atoms with Gasteiger partial charge < -0.3 is 5.32 Å². The van der Waals surface area contributed by atoms with Crippen molar-refractivity contribution >= 4 is 15.7 Å². The van der Waals surface area contributed by atoms with E-state index in [1.165, 1.54) is 31.3 Å². The molecule has 0 radical (unpaired) electrons. The van der Waals surface area contributed by atoms with Gasteiger partial charge in [0, 0.05) is 13.6 Å². The number of hydrogen-bond donors (Lipinski definition) is 1. The molecule has 2 aromatic rings. The first kappa shape index (κ1) is 15.5. The average Bonchev–Trinajstić information content (AvgIpc) is 2.48. The Kier molecular flexibility index (Phi) is 4.59. The van der Waals surface area contributed by atoms with Crippen LogP contribution >= 0.6 is 0 Å². The molecule has 0 saturated carbocycles. The van der Waals surface area contributed by atoms with Crippen molar-refractivity contribution in [3.05, 3.63) is 59.9 Å². The Hall–Kier alpha value is -1.92. The number of rotatable bonds is 5. The molecule has 2 aromatic carbocycles. The predicted molar refractivity (Wildman–Crippen MR) is 81.2 cm³/mol. The first-order valence-corrected chi connectivity index (χ1v) is 7.88. The molecular weight excluding hydrogens is 291 g/mol. The predicted octanol–water partition coefficient (Wildman–Crippen LogP) is 2.37. The fraction of sp³-hybridized carbons (Fsp3) is 0.200. The van der Waals surface area contributed by atoms with Gasteiger partial charge in [-0.25, -0.2) is 12.8 Å². The molecule has 112 valence electrons. The number of anilines is 1.